The number of fused-ring (bicyclic) bond motifs is 1. The molecule has 0 spiro atoms. The highest BCUT2D eigenvalue weighted by Crippen LogP contribution is 2.36. The topological polar surface area (TPSA) is 65.7 Å². The first kappa shape index (κ1) is 14.2. The molecule has 2 aromatic heterocycles. The number of aromatic nitrogens is 5. The van der Waals surface area contributed by atoms with Crippen molar-refractivity contribution in [2.24, 2.45) is 0 Å². The fraction of sp³-hybridized carbons (Fsp3) is 0.167. The van der Waals surface area contributed by atoms with Gasteiger partial charge in [0.15, 0.2) is 5.56 Å². The summed E-state index contributed by atoms with van der Waals surface area (Å²) in [5.41, 5.74) is -0.780. The Balaban J connectivity index is 2.23. The molecule has 0 unspecified atom stereocenters. The van der Waals surface area contributed by atoms with Gasteiger partial charge in [-0.1, -0.05) is 17.3 Å². The van der Waals surface area contributed by atoms with Crippen LogP contribution in [-0.4, -0.2) is 32.1 Å². The van der Waals surface area contributed by atoms with Crippen LogP contribution >= 0.6 is 0 Å². The van der Waals surface area contributed by atoms with Crippen LogP contribution in [0, 0.1) is 5.95 Å². The van der Waals surface area contributed by atoms with E-state index in [0.29, 0.717) is 11.0 Å². The number of para-hydroxylation sites is 1. The molecule has 10 heteroatoms. The van der Waals surface area contributed by atoms with Gasteiger partial charge in [-0.25, -0.2) is 0 Å². The monoisotopic (exact) mass is 313 g/mol. The van der Waals surface area contributed by atoms with Gasteiger partial charge in [0.25, 0.3) is 5.95 Å². The molecule has 0 saturated carbocycles. The predicted molar refractivity (Wildman–Crippen MR) is 66.0 cm³/mol. The van der Waals surface area contributed by atoms with E-state index >= 15 is 0 Å². The number of benzene rings is 1. The first-order chi connectivity index (χ1) is 10.4. The lowest BCUT2D eigenvalue weighted by Gasteiger charge is -2.12. The number of hydrogen-bond donors (Lipinski definition) is 0. The standard InChI is InChI=1S/C12H7F4N5O/c1-22-10-8(12(14,15)16)9(13)17-11(18-10)21-7-5-3-2-4-6(7)19-20-21/h2-5H,1H3. The molecule has 3 aromatic rings. The molecule has 0 atom stereocenters. The van der Waals surface area contributed by atoms with E-state index in [-0.39, 0.29) is 0 Å². The van der Waals surface area contributed by atoms with E-state index in [1.54, 1.807) is 24.3 Å². The van der Waals surface area contributed by atoms with E-state index in [1.807, 2.05) is 0 Å². The molecular formula is C12H7F4N5O. The number of ether oxygens (including phenoxy) is 1. The number of alkyl halides is 3. The molecule has 0 bridgehead atoms. The third kappa shape index (κ3) is 2.22. The largest absolute Gasteiger partial charge is 0.480 e. The Bertz CT molecular complexity index is 845. The SMILES string of the molecule is COc1nc(-n2nnc3ccccc32)nc(F)c1C(F)(F)F. The summed E-state index contributed by atoms with van der Waals surface area (Å²) < 4.78 is 57.7. The van der Waals surface area contributed by atoms with Gasteiger partial charge < -0.3 is 4.74 Å². The zero-order chi connectivity index (χ0) is 15.9. The average Bonchev–Trinajstić information content (AvgIpc) is 2.88. The van der Waals surface area contributed by atoms with Crippen LogP contribution in [0.5, 0.6) is 5.88 Å². The zero-order valence-electron chi connectivity index (χ0n) is 11.0. The highest BCUT2D eigenvalue weighted by molar-refractivity contribution is 5.75. The second kappa shape index (κ2) is 4.90. The van der Waals surface area contributed by atoms with Gasteiger partial charge in [0.05, 0.1) is 12.6 Å². The Kier molecular flexibility index (Phi) is 3.15. The fourth-order valence-corrected chi connectivity index (χ4v) is 1.90. The summed E-state index contributed by atoms with van der Waals surface area (Å²) in [4.78, 5) is 6.80. The number of nitrogens with zero attached hydrogens (tertiary/aromatic N) is 5. The fourth-order valence-electron chi connectivity index (χ4n) is 1.90. The number of hydrogen-bond acceptors (Lipinski definition) is 5. The van der Waals surface area contributed by atoms with Crippen molar-refractivity contribution in [1.82, 2.24) is 25.0 Å². The Morgan fingerprint density at radius 1 is 1.14 bits per heavy atom. The van der Waals surface area contributed by atoms with Crippen molar-refractivity contribution >= 4 is 11.0 Å². The molecule has 0 aliphatic rings. The van der Waals surface area contributed by atoms with Crippen LogP contribution in [-0.2, 0) is 6.18 Å². The van der Waals surface area contributed by atoms with Crippen molar-refractivity contribution in [2.75, 3.05) is 7.11 Å². The molecule has 0 fully saturated rings. The second-order valence-corrected chi connectivity index (χ2v) is 4.19. The van der Waals surface area contributed by atoms with Crippen molar-refractivity contribution in [3.05, 3.63) is 35.8 Å². The van der Waals surface area contributed by atoms with Crippen molar-refractivity contribution < 1.29 is 22.3 Å². The van der Waals surface area contributed by atoms with Crippen LogP contribution in [0.3, 0.4) is 0 Å². The summed E-state index contributed by atoms with van der Waals surface area (Å²) in [6, 6.07) is 6.60. The molecule has 114 valence electrons. The van der Waals surface area contributed by atoms with E-state index in [9.17, 15) is 17.6 Å². The van der Waals surface area contributed by atoms with Crippen molar-refractivity contribution in [2.45, 2.75) is 6.18 Å². The maximum Gasteiger partial charge on any atom is 0.426 e. The molecule has 0 radical (unpaired) electrons. The average molecular weight is 313 g/mol. The van der Waals surface area contributed by atoms with E-state index < -0.39 is 29.5 Å². The molecule has 2 heterocycles. The smallest absolute Gasteiger partial charge is 0.426 e. The Morgan fingerprint density at radius 3 is 2.55 bits per heavy atom. The number of halogens is 4. The van der Waals surface area contributed by atoms with Crippen molar-refractivity contribution in [3.63, 3.8) is 0 Å². The molecule has 22 heavy (non-hydrogen) atoms. The molecule has 0 amide bonds. The molecule has 3 rings (SSSR count). The van der Waals surface area contributed by atoms with Gasteiger partial charge in [-0.15, -0.1) is 5.10 Å². The van der Waals surface area contributed by atoms with Crippen LogP contribution in [0.4, 0.5) is 17.6 Å². The summed E-state index contributed by atoms with van der Waals surface area (Å²) in [5.74, 6) is -3.07. The maximum atomic E-state index is 13.8. The van der Waals surface area contributed by atoms with E-state index in [4.69, 9.17) is 0 Å². The third-order valence-corrected chi connectivity index (χ3v) is 2.84. The Morgan fingerprint density at radius 2 is 1.86 bits per heavy atom. The Hall–Kier alpha value is -2.78. The highest BCUT2D eigenvalue weighted by Gasteiger charge is 2.40. The molecule has 0 aliphatic heterocycles. The lowest BCUT2D eigenvalue weighted by atomic mass is 10.3. The molecule has 1 aromatic carbocycles. The van der Waals surface area contributed by atoms with Crippen molar-refractivity contribution in [1.29, 1.82) is 0 Å². The normalized spacial score (nSPS) is 11.9. The van der Waals surface area contributed by atoms with Gasteiger partial charge in [-0.2, -0.15) is 32.2 Å². The van der Waals surface area contributed by atoms with Gasteiger partial charge in [0, 0.05) is 0 Å². The zero-order valence-corrected chi connectivity index (χ0v) is 11.0. The van der Waals surface area contributed by atoms with E-state index in [2.05, 4.69) is 25.0 Å². The van der Waals surface area contributed by atoms with Crippen LogP contribution in [0.25, 0.3) is 17.0 Å². The van der Waals surface area contributed by atoms with E-state index in [1.165, 1.54) is 0 Å². The maximum absolute atomic E-state index is 13.8. The van der Waals surface area contributed by atoms with Crippen LogP contribution in [0.2, 0.25) is 0 Å². The van der Waals surface area contributed by atoms with Gasteiger partial charge >= 0.3 is 6.18 Å². The minimum absolute atomic E-state index is 0.406. The van der Waals surface area contributed by atoms with Crippen LogP contribution in [0.1, 0.15) is 5.56 Å². The summed E-state index contributed by atoms with van der Waals surface area (Å²) in [7, 11) is 0.959. The number of methoxy groups -OCH3 is 1. The number of rotatable bonds is 2. The van der Waals surface area contributed by atoms with Gasteiger partial charge in [-0.05, 0) is 12.1 Å². The minimum Gasteiger partial charge on any atom is -0.480 e. The first-order valence-corrected chi connectivity index (χ1v) is 5.91. The molecular weight excluding hydrogens is 306 g/mol. The lowest BCUT2D eigenvalue weighted by molar-refractivity contribution is -0.142. The third-order valence-electron chi connectivity index (χ3n) is 2.84. The van der Waals surface area contributed by atoms with Gasteiger partial charge in [-0.3, -0.25) is 0 Å². The predicted octanol–water partition coefficient (Wildman–Crippen LogP) is 2.38. The lowest BCUT2D eigenvalue weighted by Crippen LogP contribution is -2.16. The van der Waals surface area contributed by atoms with Gasteiger partial charge in [0.2, 0.25) is 11.8 Å². The quantitative estimate of drug-likeness (QED) is 0.537. The summed E-state index contributed by atoms with van der Waals surface area (Å²) >= 11 is 0. The summed E-state index contributed by atoms with van der Waals surface area (Å²) in [6.07, 6.45) is -4.97. The van der Waals surface area contributed by atoms with Gasteiger partial charge in [0.1, 0.15) is 5.52 Å². The summed E-state index contributed by atoms with van der Waals surface area (Å²) in [5, 5.41) is 7.51. The van der Waals surface area contributed by atoms with Crippen molar-refractivity contribution in [3.8, 4) is 11.8 Å². The molecule has 0 N–H and O–H groups in total. The first-order valence-electron chi connectivity index (χ1n) is 5.91. The molecule has 0 aliphatic carbocycles. The molecule has 6 nitrogen and oxygen atoms in total. The minimum atomic E-state index is -4.97. The van der Waals surface area contributed by atoms with E-state index in [0.717, 1.165) is 11.8 Å². The highest BCUT2D eigenvalue weighted by atomic mass is 19.4. The molecule has 0 saturated heterocycles. The Labute approximate surface area is 120 Å². The second-order valence-electron chi connectivity index (χ2n) is 4.19. The van der Waals surface area contributed by atoms with Crippen LogP contribution in [0.15, 0.2) is 24.3 Å². The van der Waals surface area contributed by atoms with Crippen LogP contribution < -0.4 is 4.74 Å². The summed E-state index contributed by atoms with van der Waals surface area (Å²) in [6.45, 7) is 0.